The van der Waals surface area contributed by atoms with E-state index in [4.69, 9.17) is 5.11 Å². The summed E-state index contributed by atoms with van der Waals surface area (Å²) < 4.78 is 0.143. The molecule has 30 heavy (non-hydrogen) atoms. The number of aliphatic carboxylic acids is 1. The zero-order chi connectivity index (χ0) is 22.8. The Balaban J connectivity index is 2.58. The number of carbonyl (C=O) groups excluding carboxylic acids is 5. The summed E-state index contributed by atoms with van der Waals surface area (Å²) in [6.07, 6.45) is 1.64. The van der Waals surface area contributed by atoms with Gasteiger partial charge in [-0.2, -0.15) is 0 Å². The van der Waals surface area contributed by atoms with Crippen molar-refractivity contribution in [2.24, 2.45) is 0 Å². The van der Waals surface area contributed by atoms with Gasteiger partial charge in [0, 0.05) is 19.4 Å². The van der Waals surface area contributed by atoms with Crippen LogP contribution in [0.15, 0.2) is 0 Å². The second-order valence-corrected chi connectivity index (χ2v) is 7.75. The number of nitrogens with zero attached hydrogens (tertiary/aromatic N) is 1. The molecule has 3 atom stereocenters. The number of hydrogen-bond acceptors (Lipinski definition) is 6. The van der Waals surface area contributed by atoms with Gasteiger partial charge in [-0.15, -0.1) is 0 Å². The summed E-state index contributed by atoms with van der Waals surface area (Å²) >= 11 is 1.86. The van der Waals surface area contributed by atoms with Crippen LogP contribution in [-0.4, -0.2) is 74.6 Å². The Bertz CT molecular complexity index is 684. The van der Waals surface area contributed by atoms with E-state index in [9.17, 15) is 28.8 Å². The van der Waals surface area contributed by atoms with Crippen LogP contribution in [0, 0.1) is 0 Å². The molecule has 1 fully saturated rings. The van der Waals surface area contributed by atoms with E-state index < -0.39 is 35.9 Å². The summed E-state index contributed by atoms with van der Waals surface area (Å²) in [4.78, 5) is 71.6. The van der Waals surface area contributed by atoms with Gasteiger partial charge in [-0.05, 0) is 33.1 Å². The van der Waals surface area contributed by atoms with Gasteiger partial charge in [0.05, 0.1) is 4.43 Å². The van der Waals surface area contributed by atoms with Gasteiger partial charge in [-0.1, -0.05) is 22.6 Å². The second kappa shape index (κ2) is 12.4. The highest BCUT2D eigenvalue weighted by Crippen LogP contribution is 2.13. The minimum absolute atomic E-state index is 0.143. The molecule has 5 amide bonds. The van der Waals surface area contributed by atoms with Crippen molar-refractivity contribution in [3.8, 4) is 0 Å². The van der Waals surface area contributed by atoms with Crippen molar-refractivity contribution < 1.29 is 33.9 Å². The molecule has 11 nitrogen and oxygen atoms in total. The third kappa shape index (κ3) is 8.24. The average Bonchev–Trinajstić information content (AvgIpc) is 3.01. The zero-order valence-corrected chi connectivity index (χ0v) is 19.1. The maximum atomic E-state index is 12.5. The van der Waals surface area contributed by atoms with Crippen molar-refractivity contribution in [3.05, 3.63) is 0 Å². The van der Waals surface area contributed by atoms with Gasteiger partial charge in [-0.3, -0.25) is 33.7 Å². The van der Waals surface area contributed by atoms with Crippen LogP contribution < -0.4 is 16.0 Å². The summed E-state index contributed by atoms with van der Waals surface area (Å²) in [6, 6.07) is -3.01. The summed E-state index contributed by atoms with van der Waals surface area (Å²) in [5, 5.41) is 16.2. The molecule has 0 aromatic heterocycles. The standard InChI is InChI=1S/C18H27IN4O7/c1-10(16(27)21-11(2)18(29)30)20-17(28)12(22-13(24)9-19)5-3-4-8-23-14(25)6-7-15(23)26/h10-12H,3-9H2,1-2H3,(H,20,28)(H,21,27)(H,22,24)(H,29,30)/t10-,11-,12+/m1/s1. The molecular weight excluding hydrogens is 511 g/mol. The quantitative estimate of drug-likeness (QED) is 0.111. The van der Waals surface area contributed by atoms with Gasteiger partial charge in [0.1, 0.15) is 18.1 Å². The van der Waals surface area contributed by atoms with Gasteiger partial charge in [0.15, 0.2) is 0 Å². The number of rotatable bonds is 12. The Labute approximate surface area is 187 Å². The van der Waals surface area contributed by atoms with Crippen molar-refractivity contribution in [1.29, 1.82) is 0 Å². The highest BCUT2D eigenvalue weighted by molar-refractivity contribution is 14.1. The van der Waals surface area contributed by atoms with Crippen LogP contribution in [0.25, 0.3) is 0 Å². The fraction of sp³-hybridized carbons (Fsp3) is 0.667. The van der Waals surface area contributed by atoms with E-state index in [0.29, 0.717) is 12.8 Å². The first-order valence-corrected chi connectivity index (χ1v) is 11.1. The van der Waals surface area contributed by atoms with Crippen molar-refractivity contribution >= 4 is 58.1 Å². The Kier molecular flexibility index (Phi) is 10.7. The van der Waals surface area contributed by atoms with Crippen LogP contribution in [0.3, 0.4) is 0 Å². The molecule has 4 N–H and O–H groups in total. The molecule has 1 heterocycles. The second-order valence-electron chi connectivity index (χ2n) is 6.99. The number of amides is 5. The van der Waals surface area contributed by atoms with E-state index in [1.54, 1.807) is 0 Å². The number of carbonyl (C=O) groups is 6. The molecule has 1 saturated heterocycles. The first kappa shape index (κ1) is 25.8. The number of unbranched alkanes of at least 4 members (excludes halogenated alkanes) is 1. The molecule has 1 aliphatic heterocycles. The van der Waals surface area contributed by atoms with E-state index in [-0.39, 0.29) is 48.0 Å². The molecule has 0 bridgehead atoms. The molecule has 12 heteroatoms. The fourth-order valence-corrected chi connectivity index (χ4v) is 2.99. The van der Waals surface area contributed by atoms with Gasteiger partial charge in [-0.25, -0.2) is 0 Å². The highest BCUT2D eigenvalue weighted by Gasteiger charge is 2.29. The number of alkyl halides is 1. The van der Waals surface area contributed by atoms with Gasteiger partial charge >= 0.3 is 5.97 Å². The van der Waals surface area contributed by atoms with Crippen LogP contribution in [0.5, 0.6) is 0 Å². The maximum Gasteiger partial charge on any atom is 0.325 e. The third-order valence-corrected chi connectivity index (χ3v) is 5.23. The van der Waals surface area contributed by atoms with E-state index in [1.165, 1.54) is 18.7 Å². The Morgan fingerprint density at radius 1 is 0.967 bits per heavy atom. The molecule has 0 saturated carbocycles. The number of nitrogens with one attached hydrogen (secondary N) is 3. The Hall–Kier alpha value is -2.25. The molecule has 0 aromatic carbocycles. The van der Waals surface area contributed by atoms with Crippen molar-refractivity contribution in [2.75, 3.05) is 11.0 Å². The lowest BCUT2D eigenvalue weighted by Crippen LogP contribution is -2.54. The predicted octanol–water partition coefficient (Wildman–Crippen LogP) is -0.680. The van der Waals surface area contributed by atoms with E-state index in [0.717, 1.165) is 0 Å². The smallest absolute Gasteiger partial charge is 0.325 e. The monoisotopic (exact) mass is 538 g/mol. The summed E-state index contributed by atoms with van der Waals surface area (Å²) in [7, 11) is 0. The van der Waals surface area contributed by atoms with Crippen molar-refractivity contribution in [1.82, 2.24) is 20.9 Å². The first-order valence-electron chi connectivity index (χ1n) is 9.58. The topological polar surface area (TPSA) is 162 Å². The molecule has 0 unspecified atom stereocenters. The largest absolute Gasteiger partial charge is 0.480 e. The lowest BCUT2D eigenvalue weighted by atomic mass is 10.1. The van der Waals surface area contributed by atoms with Crippen molar-refractivity contribution in [3.63, 3.8) is 0 Å². The van der Waals surface area contributed by atoms with E-state index in [2.05, 4.69) is 16.0 Å². The van der Waals surface area contributed by atoms with Crippen LogP contribution in [-0.2, 0) is 28.8 Å². The normalized spacial score (nSPS) is 16.6. The Morgan fingerprint density at radius 3 is 2.07 bits per heavy atom. The molecule has 168 valence electrons. The summed E-state index contributed by atoms with van der Waals surface area (Å²) in [5.74, 6) is -3.21. The van der Waals surface area contributed by atoms with Crippen LogP contribution in [0.4, 0.5) is 0 Å². The lowest BCUT2D eigenvalue weighted by Gasteiger charge is -2.22. The number of carboxylic acid groups (broad SMARTS) is 1. The number of imide groups is 1. The van der Waals surface area contributed by atoms with Crippen LogP contribution in [0.1, 0.15) is 46.0 Å². The third-order valence-electron chi connectivity index (χ3n) is 4.53. The van der Waals surface area contributed by atoms with E-state index >= 15 is 0 Å². The minimum Gasteiger partial charge on any atom is -0.480 e. The van der Waals surface area contributed by atoms with Gasteiger partial charge in [0.2, 0.25) is 29.5 Å². The predicted molar refractivity (Wildman–Crippen MR) is 113 cm³/mol. The first-order chi connectivity index (χ1) is 14.1. The van der Waals surface area contributed by atoms with E-state index in [1.807, 2.05) is 22.6 Å². The maximum absolute atomic E-state index is 12.5. The lowest BCUT2D eigenvalue weighted by molar-refractivity contribution is -0.141. The molecule has 0 radical (unpaired) electrons. The number of likely N-dealkylation sites (tertiary alicyclic amines) is 1. The zero-order valence-electron chi connectivity index (χ0n) is 16.9. The van der Waals surface area contributed by atoms with Gasteiger partial charge < -0.3 is 21.1 Å². The fourth-order valence-electron chi connectivity index (χ4n) is 2.77. The minimum atomic E-state index is -1.20. The van der Waals surface area contributed by atoms with Gasteiger partial charge in [0.25, 0.3) is 0 Å². The van der Waals surface area contributed by atoms with Crippen molar-refractivity contribution in [2.45, 2.75) is 64.1 Å². The van der Waals surface area contributed by atoms with Crippen LogP contribution >= 0.6 is 22.6 Å². The number of halogens is 1. The number of carboxylic acids is 1. The Morgan fingerprint density at radius 2 is 1.53 bits per heavy atom. The highest BCUT2D eigenvalue weighted by atomic mass is 127. The molecule has 0 aliphatic carbocycles. The molecule has 1 aliphatic rings. The van der Waals surface area contributed by atoms with Crippen LogP contribution in [0.2, 0.25) is 0 Å². The molecule has 0 aromatic rings. The molecular formula is C18H27IN4O7. The summed E-state index contributed by atoms with van der Waals surface area (Å²) in [6.45, 7) is 2.97. The molecule has 0 spiro atoms. The summed E-state index contributed by atoms with van der Waals surface area (Å²) in [5.41, 5.74) is 0. The average molecular weight is 538 g/mol. The molecule has 1 rings (SSSR count). The SMILES string of the molecule is C[C@@H](NC(=O)[C@@H](C)NC(=O)[C@H](CCCCN1C(=O)CCC1=O)NC(=O)CI)C(=O)O. The number of hydrogen-bond donors (Lipinski definition) is 4.